The number of nitrogens with one attached hydrogen (secondary N) is 2. The van der Waals surface area contributed by atoms with Crippen LogP contribution in [0.5, 0.6) is 5.75 Å². The molecule has 7 N–H and O–H groups in total. The second-order valence-electron chi connectivity index (χ2n) is 5.30. The zero-order valence-electron chi connectivity index (χ0n) is 12.5. The molecule has 0 aliphatic heterocycles. The van der Waals surface area contributed by atoms with Crippen LogP contribution in [0.25, 0.3) is 0 Å². The molecule has 7 nitrogen and oxygen atoms in total. The molecular weight excluding hydrogens is 276 g/mol. The minimum absolute atomic E-state index is 0.00154. The van der Waals surface area contributed by atoms with Gasteiger partial charge in [0.15, 0.2) is 0 Å². The third-order valence-corrected chi connectivity index (χ3v) is 3.08. The van der Waals surface area contributed by atoms with Crippen molar-refractivity contribution in [3.05, 3.63) is 28.8 Å². The lowest BCUT2D eigenvalue weighted by atomic mass is 9.97. The van der Waals surface area contributed by atoms with E-state index >= 15 is 0 Å². The van der Waals surface area contributed by atoms with Crippen LogP contribution in [0.15, 0.2) is 12.1 Å². The summed E-state index contributed by atoms with van der Waals surface area (Å²) in [7, 11) is 0. The highest BCUT2D eigenvalue weighted by atomic mass is 16.5. The molecule has 0 saturated carbocycles. The van der Waals surface area contributed by atoms with Gasteiger partial charge < -0.3 is 25.5 Å². The van der Waals surface area contributed by atoms with Crippen molar-refractivity contribution < 1.29 is 25.5 Å². The van der Waals surface area contributed by atoms with Gasteiger partial charge in [-0.3, -0.25) is 10.6 Å². The van der Waals surface area contributed by atoms with Gasteiger partial charge in [0.1, 0.15) is 5.75 Å². The third-order valence-electron chi connectivity index (χ3n) is 3.08. The van der Waals surface area contributed by atoms with Crippen molar-refractivity contribution in [3.8, 4) is 5.75 Å². The summed E-state index contributed by atoms with van der Waals surface area (Å²) >= 11 is 0. The van der Waals surface area contributed by atoms with E-state index in [-0.39, 0.29) is 18.8 Å². The quantitative estimate of drug-likeness (QED) is 0.337. The highest BCUT2D eigenvalue weighted by molar-refractivity contribution is 5.44. The van der Waals surface area contributed by atoms with Crippen molar-refractivity contribution in [2.75, 3.05) is 0 Å². The van der Waals surface area contributed by atoms with E-state index in [9.17, 15) is 25.5 Å². The lowest BCUT2D eigenvalue weighted by Crippen LogP contribution is -2.43. The molecule has 1 aromatic rings. The van der Waals surface area contributed by atoms with Crippen molar-refractivity contribution in [2.24, 2.45) is 0 Å². The standard InChI is InChI=1S/C14H24N2O5/c1-4-9-5-6-12(17)11(8-16-14(3,20)21)10(9)7-15-13(2,18)19/h5-6,15-21H,4,7-8H2,1-3H3. The minimum Gasteiger partial charge on any atom is -0.508 e. The van der Waals surface area contributed by atoms with Crippen molar-refractivity contribution in [1.82, 2.24) is 10.6 Å². The normalized spacial score (nSPS) is 12.7. The molecule has 1 rings (SSSR count). The molecule has 0 radical (unpaired) electrons. The third kappa shape index (κ3) is 5.96. The van der Waals surface area contributed by atoms with Gasteiger partial charge in [0.05, 0.1) is 0 Å². The topological polar surface area (TPSA) is 125 Å². The summed E-state index contributed by atoms with van der Waals surface area (Å²) in [5.41, 5.74) is 2.07. The number of benzene rings is 1. The monoisotopic (exact) mass is 300 g/mol. The molecule has 0 saturated heterocycles. The SMILES string of the molecule is CCc1ccc(O)c(CNC(C)(O)O)c1CNC(C)(O)O. The van der Waals surface area contributed by atoms with Crippen molar-refractivity contribution >= 4 is 0 Å². The summed E-state index contributed by atoms with van der Waals surface area (Å²) in [6, 6.07) is 3.28. The van der Waals surface area contributed by atoms with E-state index in [1.165, 1.54) is 19.9 Å². The van der Waals surface area contributed by atoms with E-state index in [1.807, 2.05) is 6.92 Å². The maximum atomic E-state index is 9.98. The Morgan fingerprint density at radius 1 is 0.905 bits per heavy atom. The Morgan fingerprint density at radius 3 is 1.81 bits per heavy atom. The maximum absolute atomic E-state index is 9.98. The summed E-state index contributed by atoms with van der Waals surface area (Å²) in [4.78, 5) is 0. The van der Waals surface area contributed by atoms with Gasteiger partial charge in [-0.2, -0.15) is 0 Å². The number of phenols is 1. The summed E-state index contributed by atoms with van der Waals surface area (Å²) in [5.74, 6) is -4.11. The Kier molecular flexibility index (Phi) is 5.68. The van der Waals surface area contributed by atoms with E-state index in [0.717, 1.165) is 5.56 Å². The van der Waals surface area contributed by atoms with Crippen LogP contribution in [0.1, 0.15) is 37.5 Å². The Balaban J connectivity index is 3.07. The second kappa shape index (κ2) is 6.69. The Hall–Kier alpha value is -1.22. The van der Waals surface area contributed by atoms with Crippen LogP contribution in [0.4, 0.5) is 0 Å². The lowest BCUT2D eigenvalue weighted by Gasteiger charge is -2.23. The Bertz CT molecular complexity index is 477. The first-order valence-corrected chi connectivity index (χ1v) is 6.75. The smallest absolute Gasteiger partial charge is 0.219 e. The molecule has 0 aromatic heterocycles. The van der Waals surface area contributed by atoms with Gasteiger partial charge in [-0.05, 0) is 23.6 Å². The average Bonchev–Trinajstić information content (AvgIpc) is 2.33. The zero-order chi connectivity index (χ0) is 16.3. The summed E-state index contributed by atoms with van der Waals surface area (Å²) in [6.45, 7) is 4.44. The molecule has 0 amide bonds. The van der Waals surface area contributed by atoms with E-state index in [0.29, 0.717) is 17.5 Å². The van der Waals surface area contributed by atoms with Gasteiger partial charge in [-0.25, -0.2) is 0 Å². The number of hydrogen-bond donors (Lipinski definition) is 7. The van der Waals surface area contributed by atoms with Gasteiger partial charge in [0.25, 0.3) is 0 Å². The van der Waals surface area contributed by atoms with Crippen LogP contribution in [-0.4, -0.2) is 37.4 Å². The van der Waals surface area contributed by atoms with Crippen molar-refractivity contribution in [2.45, 2.75) is 52.1 Å². The summed E-state index contributed by atoms with van der Waals surface area (Å²) in [6.07, 6.45) is 0.688. The predicted molar refractivity (Wildman–Crippen MR) is 76.8 cm³/mol. The summed E-state index contributed by atoms with van der Waals surface area (Å²) in [5, 5.41) is 52.3. The fourth-order valence-corrected chi connectivity index (χ4v) is 1.99. The molecular formula is C14H24N2O5. The Labute approximate surface area is 123 Å². The van der Waals surface area contributed by atoms with Crippen molar-refractivity contribution in [1.29, 1.82) is 0 Å². The molecule has 0 atom stereocenters. The predicted octanol–water partition coefficient (Wildman–Crippen LogP) is -0.550. The lowest BCUT2D eigenvalue weighted by molar-refractivity contribution is -0.172. The highest BCUT2D eigenvalue weighted by Gasteiger charge is 2.20. The van der Waals surface area contributed by atoms with Crippen LogP contribution < -0.4 is 10.6 Å². The van der Waals surface area contributed by atoms with Gasteiger partial charge in [0.2, 0.25) is 11.8 Å². The van der Waals surface area contributed by atoms with Gasteiger partial charge in [-0.1, -0.05) is 13.0 Å². The van der Waals surface area contributed by atoms with Crippen LogP contribution >= 0.6 is 0 Å². The van der Waals surface area contributed by atoms with Crippen LogP contribution in [0.2, 0.25) is 0 Å². The minimum atomic E-state index is -2.07. The number of aliphatic hydroxyl groups is 4. The van der Waals surface area contributed by atoms with E-state index in [4.69, 9.17) is 0 Å². The fraction of sp³-hybridized carbons (Fsp3) is 0.571. The van der Waals surface area contributed by atoms with Crippen molar-refractivity contribution in [3.63, 3.8) is 0 Å². The largest absolute Gasteiger partial charge is 0.508 e. The van der Waals surface area contributed by atoms with E-state index < -0.39 is 11.8 Å². The molecule has 0 aliphatic rings. The van der Waals surface area contributed by atoms with Crippen LogP contribution in [0, 0.1) is 0 Å². The number of aryl methyl sites for hydroxylation is 1. The fourth-order valence-electron chi connectivity index (χ4n) is 1.99. The van der Waals surface area contributed by atoms with Crippen LogP contribution in [-0.2, 0) is 19.5 Å². The molecule has 0 fully saturated rings. The molecule has 0 unspecified atom stereocenters. The molecule has 1 aromatic carbocycles. The van der Waals surface area contributed by atoms with Gasteiger partial charge in [0, 0.05) is 32.5 Å². The molecule has 0 bridgehead atoms. The van der Waals surface area contributed by atoms with E-state index in [2.05, 4.69) is 10.6 Å². The summed E-state index contributed by atoms with van der Waals surface area (Å²) < 4.78 is 0. The molecule has 0 aliphatic carbocycles. The highest BCUT2D eigenvalue weighted by Crippen LogP contribution is 2.26. The molecule has 7 heteroatoms. The first kappa shape index (κ1) is 17.8. The van der Waals surface area contributed by atoms with E-state index in [1.54, 1.807) is 6.07 Å². The number of rotatable bonds is 7. The first-order valence-electron chi connectivity index (χ1n) is 6.75. The van der Waals surface area contributed by atoms with Gasteiger partial charge >= 0.3 is 0 Å². The maximum Gasteiger partial charge on any atom is 0.219 e. The van der Waals surface area contributed by atoms with Crippen LogP contribution in [0.3, 0.4) is 0 Å². The average molecular weight is 300 g/mol. The zero-order valence-corrected chi connectivity index (χ0v) is 12.5. The number of phenolic OH excluding ortho intramolecular Hbond substituents is 1. The van der Waals surface area contributed by atoms with Gasteiger partial charge in [-0.15, -0.1) is 0 Å². The number of aromatic hydroxyl groups is 1. The second-order valence-corrected chi connectivity index (χ2v) is 5.30. The molecule has 0 heterocycles. The molecule has 21 heavy (non-hydrogen) atoms. The molecule has 120 valence electrons. The Morgan fingerprint density at radius 2 is 1.38 bits per heavy atom. The first-order chi connectivity index (χ1) is 9.53. The number of hydrogen-bond acceptors (Lipinski definition) is 7. The molecule has 0 spiro atoms.